The SMILES string of the molecule is CCCOC(=O)c1ccc(NC(=O)CCCNC(=O)c2cccs2)cc1. The molecule has 0 radical (unpaired) electrons. The van der Waals surface area contributed by atoms with Crippen LogP contribution in [0.4, 0.5) is 5.69 Å². The molecule has 0 fully saturated rings. The van der Waals surface area contributed by atoms with Crippen molar-refractivity contribution < 1.29 is 19.1 Å². The molecule has 138 valence electrons. The monoisotopic (exact) mass is 374 g/mol. The maximum Gasteiger partial charge on any atom is 0.338 e. The summed E-state index contributed by atoms with van der Waals surface area (Å²) in [6, 6.07) is 10.2. The van der Waals surface area contributed by atoms with Crippen LogP contribution in [0.5, 0.6) is 0 Å². The second kappa shape index (κ2) is 10.4. The van der Waals surface area contributed by atoms with E-state index in [9.17, 15) is 14.4 Å². The Bertz CT molecular complexity index is 727. The second-order valence-electron chi connectivity index (χ2n) is 5.60. The number of carbonyl (C=O) groups excluding carboxylic acids is 3. The molecule has 26 heavy (non-hydrogen) atoms. The molecule has 1 heterocycles. The molecule has 1 aromatic heterocycles. The van der Waals surface area contributed by atoms with E-state index in [-0.39, 0.29) is 17.8 Å². The summed E-state index contributed by atoms with van der Waals surface area (Å²) in [6.07, 6.45) is 1.61. The van der Waals surface area contributed by atoms with Crippen molar-refractivity contribution in [3.05, 3.63) is 52.2 Å². The Labute approximate surface area is 156 Å². The van der Waals surface area contributed by atoms with Gasteiger partial charge in [0.25, 0.3) is 5.91 Å². The van der Waals surface area contributed by atoms with E-state index in [1.54, 1.807) is 30.3 Å². The van der Waals surface area contributed by atoms with Gasteiger partial charge in [-0.05, 0) is 48.6 Å². The van der Waals surface area contributed by atoms with E-state index in [2.05, 4.69) is 10.6 Å². The Balaban J connectivity index is 1.69. The summed E-state index contributed by atoms with van der Waals surface area (Å²) < 4.78 is 5.05. The van der Waals surface area contributed by atoms with Crippen LogP contribution in [0, 0.1) is 0 Å². The number of hydrogen-bond acceptors (Lipinski definition) is 5. The predicted octanol–water partition coefficient (Wildman–Crippen LogP) is 3.46. The fourth-order valence-electron chi connectivity index (χ4n) is 2.14. The summed E-state index contributed by atoms with van der Waals surface area (Å²) in [5.74, 6) is -0.631. The molecule has 0 bridgehead atoms. The van der Waals surface area contributed by atoms with Gasteiger partial charge in [0.2, 0.25) is 5.91 Å². The van der Waals surface area contributed by atoms with Gasteiger partial charge in [-0.1, -0.05) is 13.0 Å². The lowest BCUT2D eigenvalue weighted by Crippen LogP contribution is -2.24. The van der Waals surface area contributed by atoms with Gasteiger partial charge >= 0.3 is 5.97 Å². The zero-order valence-corrected chi connectivity index (χ0v) is 15.4. The van der Waals surface area contributed by atoms with E-state index in [1.165, 1.54) is 11.3 Å². The average molecular weight is 374 g/mol. The predicted molar refractivity (Wildman–Crippen MR) is 102 cm³/mol. The van der Waals surface area contributed by atoms with Gasteiger partial charge in [-0.3, -0.25) is 9.59 Å². The Morgan fingerprint density at radius 2 is 1.88 bits per heavy atom. The van der Waals surface area contributed by atoms with Crippen LogP contribution < -0.4 is 10.6 Å². The summed E-state index contributed by atoms with van der Waals surface area (Å²) in [7, 11) is 0. The van der Waals surface area contributed by atoms with E-state index in [4.69, 9.17) is 4.74 Å². The minimum Gasteiger partial charge on any atom is -0.462 e. The molecular formula is C19H22N2O4S. The molecule has 2 N–H and O–H groups in total. The van der Waals surface area contributed by atoms with Crippen LogP contribution >= 0.6 is 11.3 Å². The lowest BCUT2D eigenvalue weighted by atomic mass is 10.2. The quantitative estimate of drug-likeness (QED) is 0.520. The third kappa shape index (κ3) is 6.33. The first-order valence-corrected chi connectivity index (χ1v) is 9.37. The maximum absolute atomic E-state index is 11.9. The molecule has 7 heteroatoms. The number of rotatable bonds is 9. The van der Waals surface area contributed by atoms with Gasteiger partial charge in [0, 0.05) is 18.7 Å². The van der Waals surface area contributed by atoms with Gasteiger partial charge in [-0.25, -0.2) is 4.79 Å². The highest BCUT2D eigenvalue weighted by atomic mass is 32.1. The largest absolute Gasteiger partial charge is 0.462 e. The molecule has 0 aliphatic carbocycles. The van der Waals surface area contributed by atoms with E-state index in [0.29, 0.717) is 42.1 Å². The van der Waals surface area contributed by atoms with Gasteiger partial charge < -0.3 is 15.4 Å². The lowest BCUT2D eigenvalue weighted by Gasteiger charge is -2.07. The van der Waals surface area contributed by atoms with Crippen molar-refractivity contribution in [2.75, 3.05) is 18.5 Å². The van der Waals surface area contributed by atoms with E-state index in [1.807, 2.05) is 18.4 Å². The average Bonchev–Trinajstić information content (AvgIpc) is 3.18. The highest BCUT2D eigenvalue weighted by Crippen LogP contribution is 2.11. The van der Waals surface area contributed by atoms with Crippen molar-refractivity contribution in [3.8, 4) is 0 Å². The second-order valence-corrected chi connectivity index (χ2v) is 6.55. The minimum atomic E-state index is -0.369. The van der Waals surface area contributed by atoms with Crippen LogP contribution in [-0.2, 0) is 9.53 Å². The fraction of sp³-hybridized carbons (Fsp3) is 0.316. The van der Waals surface area contributed by atoms with E-state index in [0.717, 1.165) is 6.42 Å². The van der Waals surface area contributed by atoms with Crippen LogP contribution in [0.3, 0.4) is 0 Å². The van der Waals surface area contributed by atoms with Crippen LogP contribution in [0.1, 0.15) is 46.2 Å². The number of ether oxygens (including phenoxy) is 1. The first kappa shape index (κ1) is 19.7. The highest BCUT2D eigenvalue weighted by Gasteiger charge is 2.08. The van der Waals surface area contributed by atoms with Crippen molar-refractivity contribution in [1.29, 1.82) is 0 Å². The summed E-state index contributed by atoms with van der Waals surface area (Å²) in [4.78, 5) is 36.1. The third-order valence-corrected chi connectivity index (χ3v) is 4.32. The Kier molecular flexibility index (Phi) is 7.82. The van der Waals surface area contributed by atoms with Gasteiger partial charge in [0.05, 0.1) is 17.0 Å². The Morgan fingerprint density at radius 3 is 2.54 bits per heavy atom. The van der Waals surface area contributed by atoms with Gasteiger partial charge in [0.1, 0.15) is 0 Å². The van der Waals surface area contributed by atoms with Crippen LogP contribution in [0.2, 0.25) is 0 Å². The zero-order chi connectivity index (χ0) is 18.8. The molecule has 6 nitrogen and oxygen atoms in total. The standard InChI is InChI=1S/C19H22N2O4S/c1-2-12-25-19(24)14-7-9-15(10-8-14)21-17(22)6-3-11-20-18(23)16-5-4-13-26-16/h4-5,7-10,13H,2-3,6,11-12H2,1H3,(H,20,23)(H,21,22). The Hall–Kier alpha value is -2.67. The smallest absolute Gasteiger partial charge is 0.338 e. The van der Waals surface area contributed by atoms with Crippen molar-refractivity contribution in [3.63, 3.8) is 0 Å². The van der Waals surface area contributed by atoms with Crippen LogP contribution in [0.15, 0.2) is 41.8 Å². The van der Waals surface area contributed by atoms with Crippen molar-refractivity contribution in [2.45, 2.75) is 26.2 Å². The molecule has 0 spiro atoms. The summed E-state index contributed by atoms with van der Waals surface area (Å²) >= 11 is 1.38. The van der Waals surface area contributed by atoms with Gasteiger partial charge in [-0.15, -0.1) is 11.3 Å². The molecular weight excluding hydrogens is 352 g/mol. The first-order chi connectivity index (χ1) is 12.6. The summed E-state index contributed by atoms with van der Waals surface area (Å²) in [5, 5.41) is 7.39. The van der Waals surface area contributed by atoms with Gasteiger partial charge in [-0.2, -0.15) is 0 Å². The molecule has 2 amide bonds. The fourth-order valence-corrected chi connectivity index (χ4v) is 2.78. The Morgan fingerprint density at radius 1 is 1.12 bits per heavy atom. The number of carbonyl (C=O) groups is 3. The molecule has 2 aromatic rings. The van der Waals surface area contributed by atoms with E-state index >= 15 is 0 Å². The normalized spacial score (nSPS) is 10.2. The minimum absolute atomic E-state index is 0.119. The molecule has 0 saturated heterocycles. The van der Waals surface area contributed by atoms with Crippen LogP contribution in [-0.4, -0.2) is 30.9 Å². The molecule has 0 aliphatic rings. The van der Waals surface area contributed by atoms with Crippen LogP contribution in [0.25, 0.3) is 0 Å². The summed E-state index contributed by atoms with van der Waals surface area (Å²) in [5.41, 5.74) is 1.07. The van der Waals surface area contributed by atoms with Crippen molar-refractivity contribution in [1.82, 2.24) is 5.32 Å². The molecule has 0 aliphatic heterocycles. The zero-order valence-electron chi connectivity index (χ0n) is 14.6. The number of anilines is 1. The number of nitrogens with one attached hydrogen (secondary N) is 2. The molecule has 2 rings (SSSR count). The molecule has 1 aromatic carbocycles. The molecule has 0 atom stereocenters. The number of esters is 1. The van der Waals surface area contributed by atoms with Crippen molar-refractivity contribution in [2.24, 2.45) is 0 Å². The summed E-state index contributed by atoms with van der Waals surface area (Å²) in [6.45, 7) is 2.76. The first-order valence-electron chi connectivity index (χ1n) is 8.49. The topological polar surface area (TPSA) is 84.5 Å². The number of hydrogen-bond donors (Lipinski definition) is 2. The van der Waals surface area contributed by atoms with Gasteiger partial charge in [0.15, 0.2) is 0 Å². The molecule has 0 saturated carbocycles. The number of thiophene rings is 1. The highest BCUT2D eigenvalue weighted by molar-refractivity contribution is 7.12. The van der Waals surface area contributed by atoms with E-state index < -0.39 is 0 Å². The maximum atomic E-state index is 11.9. The molecule has 0 unspecified atom stereocenters. The van der Waals surface area contributed by atoms with Crippen molar-refractivity contribution >= 4 is 34.8 Å². The third-order valence-electron chi connectivity index (χ3n) is 3.45. The lowest BCUT2D eigenvalue weighted by molar-refractivity contribution is -0.116. The number of amides is 2. The number of benzene rings is 1.